The highest BCUT2D eigenvalue weighted by Gasteiger charge is 2.13. The number of hydrogen-bond donors (Lipinski definition) is 0. The van der Waals surface area contributed by atoms with Crippen molar-refractivity contribution in [1.82, 2.24) is 9.97 Å². The SMILES string of the molecule is CCCCCCCCc1nc(C=O)c(CCCCCCCC)nc1C=O. The minimum Gasteiger partial charge on any atom is -0.296 e. The lowest BCUT2D eigenvalue weighted by atomic mass is 10.1. The molecule has 4 nitrogen and oxygen atoms in total. The van der Waals surface area contributed by atoms with E-state index < -0.39 is 0 Å². The van der Waals surface area contributed by atoms with E-state index in [-0.39, 0.29) is 0 Å². The van der Waals surface area contributed by atoms with E-state index in [1.807, 2.05) is 0 Å². The highest BCUT2D eigenvalue weighted by atomic mass is 16.1. The molecule has 0 N–H and O–H groups in total. The van der Waals surface area contributed by atoms with Crippen LogP contribution < -0.4 is 0 Å². The second-order valence-corrected chi connectivity index (χ2v) is 7.16. The Balaban J connectivity index is 2.56. The monoisotopic (exact) mass is 360 g/mol. The zero-order chi connectivity index (χ0) is 19.0. The summed E-state index contributed by atoms with van der Waals surface area (Å²) in [4.78, 5) is 31.7. The number of carbonyl (C=O) groups excluding carboxylic acids is 2. The number of aromatic nitrogens is 2. The third-order valence-corrected chi connectivity index (χ3v) is 4.86. The summed E-state index contributed by atoms with van der Waals surface area (Å²) in [5.74, 6) is 0. The van der Waals surface area contributed by atoms with Gasteiger partial charge in [0.25, 0.3) is 0 Å². The second-order valence-electron chi connectivity index (χ2n) is 7.16. The number of hydrogen-bond acceptors (Lipinski definition) is 4. The van der Waals surface area contributed by atoms with Gasteiger partial charge in [-0.3, -0.25) is 9.59 Å². The van der Waals surface area contributed by atoms with Crippen molar-refractivity contribution in [2.75, 3.05) is 0 Å². The summed E-state index contributed by atoms with van der Waals surface area (Å²) in [6.45, 7) is 4.42. The van der Waals surface area contributed by atoms with Crippen LogP contribution in [0.4, 0.5) is 0 Å². The summed E-state index contributed by atoms with van der Waals surface area (Å²) in [5.41, 5.74) is 2.21. The van der Waals surface area contributed by atoms with E-state index >= 15 is 0 Å². The van der Waals surface area contributed by atoms with Crippen LogP contribution in [0.15, 0.2) is 0 Å². The van der Waals surface area contributed by atoms with Gasteiger partial charge in [0.1, 0.15) is 11.4 Å². The van der Waals surface area contributed by atoms with E-state index in [0.29, 0.717) is 22.8 Å². The number of nitrogens with zero attached hydrogens (tertiary/aromatic N) is 2. The Morgan fingerprint density at radius 3 is 1.27 bits per heavy atom. The molecule has 1 rings (SSSR count). The third-order valence-electron chi connectivity index (χ3n) is 4.86. The van der Waals surface area contributed by atoms with Crippen molar-refractivity contribution in [3.05, 3.63) is 22.8 Å². The molecule has 0 aliphatic rings. The van der Waals surface area contributed by atoms with Gasteiger partial charge in [-0.1, -0.05) is 78.1 Å². The standard InChI is InChI=1S/C22H36N2O2/c1-3-5-7-9-11-13-15-19-21(17-25)24-20(22(18-26)23-19)16-14-12-10-8-6-4-2/h17-18H,3-16H2,1-2H3. The minimum atomic E-state index is 0.421. The Morgan fingerprint density at radius 1 is 0.577 bits per heavy atom. The molecule has 0 saturated heterocycles. The first kappa shape index (κ1) is 22.5. The fourth-order valence-corrected chi connectivity index (χ4v) is 3.24. The van der Waals surface area contributed by atoms with Gasteiger partial charge in [-0.25, -0.2) is 9.97 Å². The number of rotatable bonds is 16. The van der Waals surface area contributed by atoms with Crippen LogP contribution in [0.25, 0.3) is 0 Å². The molecule has 0 atom stereocenters. The molecule has 0 bridgehead atoms. The summed E-state index contributed by atoms with van der Waals surface area (Å²) in [6, 6.07) is 0. The van der Waals surface area contributed by atoms with Gasteiger partial charge in [0, 0.05) is 0 Å². The Hall–Kier alpha value is -1.58. The summed E-state index contributed by atoms with van der Waals surface area (Å²) in [5, 5.41) is 0. The Morgan fingerprint density at radius 2 is 0.923 bits per heavy atom. The molecule has 1 aromatic rings. The van der Waals surface area contributed by atoms with E-state index in [4.69, 9.17) is 0 Å². The van der Waals surface area contributed by atoms with Crippen molar-refractivity contribution in [3.8, 4) is 0 Å². The molecule has 0 radical (unpaired) electrons. The van der Waals surface area contributed by atoms with Gasteiger partial charge in [-0.2, -0.15) is 0 Å². The molecule has 1 aromatic heterocycles. The largest absolute Gasteiger partial charge is 0.296 e. The van der Waals surface area contributed by atoms with Crippen molar-refractivity contribution in [1.29, 1.82) is 0 Å². The van der Waals surface area contributed by atoms with Crippen molar-refractivity contribution in [2.45, 2.75) is 104 Å². The first-order valence-corrected chi connectivity index (χ1v) is 10.6. The van der Waals surface area contributed by atoms with Crippen LogP contribution in [0.2, 0.25) is 0 Å². The maximum atomic E-state index is 11.4. The molecule has 4 heteroatoms. The van der Waals surface area contributed by atoms with Crippen LogP contribution in [0.1, 0.15) is 123 Å². The minimum absolute atomic E-state index is 0.421. The maximum Gasteiger partial charge on any atom is 0.170 e. The molecular weight excluding hydrogens is 324 g/mol. The van der Waals surface area contributed by atoms with Gasteiger partial charge in [-0.15, -0.1) is 0 Å². The quantitative estimate of drug-likeness (QED) is 0.272. The highest BCUT2D eigenvalue weighted by molar-refractivity contribution is 5.77. The number of carbonyl (C=O) groups is 2. The molecule has 0 aliphatic heterocycles. The predicted molar refractivity (Wildman–Crippen MR) is 107 cm³/mol. The van der Waals surface area contributed by atoms with Crippen molar-refractivity contribution >= 4 is 12.6 Å². The molecule has 0 saturated carbocycles. The van der Waals surface area contributed by atoms with Crippen LogP contribution >= 0.6 is 0 Å². The Bertz CT molecular complexity index is 481. The zero-order valence-corrected chi connectivity index (χ0v) is 16.8. The average Bonchev–Trinajstić information content (AvgIpc) is 2.67. The Kier molecular flexibility index (Phi) is 12.6. The van der Waals surface area contributed by atoms with Crippen LogP contribution in [0.5, 0.6) is 0 Å². The van der Waals surface area contributed by atoms with Crippen molar-refractivity contribution in [2.24, 2.45) is 0 Å². The number of aldehydes is 2. The predicted octanol–water partition coefficient (Wildman–Crippen LogP) is 5.91. The molecule has 0 fully saturated rings. The first-order chi connectivity index (χ1) is 12.8. The molecular formula is C22H36N2O2. The average molecular weight is 361 g/mol. The lowest BCUT2D eigenvalue weighted by Gasteiger charge is -2.09. The molecule has 0 spiro atoms. The molecule has 26 heavy (non-hydrogen) atoms. The van der Waals surface area contributed by atoms with E-state index in [1.165, 1.54) is 51.4 Å². The lowest BCUT2D eigenvalue weighted by molar-refractivity contribution is 0.110. The van der Waals surface area contributed by atoms with E-state index in [2.05, 4.69) is 23.8 Å². The van der Waals surface area contributed by atoms with Crippen molar-refractivity contribution < 1.29 is 9.59 Å². The highest BCUT2D eigenvalue weighted by Crippen LogP contribution is 2.15. The van der Waals surface area contributed by atoms with Crippen LogP contribution in [0.3, 0.4) is 0 Å². The van der Waals surface area contributed by atoms with Crippen LogP contribution in [-0.2, 0) is 12.8 Å². The molecule has 0 aromatic carbocycles. The summed E-state index contributed by atoms with van der Waals surface area (Å²) < 4.78 is 0. The van der Waals surface area contributed by atoms with Gasteiger partial charge in [0.2, 0.25) is 0 Å². The molecule has 0 aliphatic carbocycles. The molecule has 146 valence electrons. The molecule has 0 amide bonds. The molecule has 0 unspecified atom stereocenters. The summed E-state index contributed by atoms with van der Waals surface area (Å²) >= 11 is 0. The zero-order valence-electron chi connectivity index (χ0n) is 16.8. The topological polar surface area (TPSA) is 59.9 Å². The lowest BCUT2D eigenvalue weighted by Crippen LogP contribution is -2.10. The van der Waals surface area contributed by atoms with E-state index in [0.717, 1.165) is 51.1 Å². The Labute approximate surface area is 159 Å². The van der Waals surface area contributed by atoms with Gasteiger partial charge >= 0.3 is 0 Å². The van der Waals surface area contributed by atoms with Crippen molar-refractivity contribution in [3.63, 3.8) is 0 Å². The molecule has 1 heterocycles. The van der Waals surface area contributed by atoms with Gasteiger partial charge < -0.3 is 0 Å². The maximum absolute atomic E-state index is 11.4. The third kappa shape index (κ3) is 8.68. The van der Waals surface area contributed by atoms with E-state index in [1.54, 1.807) is 0 Å². The van der Waals surface area contributed by atoms with Crippen LogP contribution in [-0.4, -0.2) is 22.5 Å². The number of unbranched alkanes of at least 4 members (excludes halogenated alkanes) is 10. The fraction of sp³-hybridized carbons (Fsp3) is 0.727. The van der Waals surface area contributed by atoms with Crippen LogP contribution in [0, 0.1) is 0 Å². The normalized spacial score (nSPS) is 10.8. The second kappa shape index (κ2) is 14.6. The van der Waals surface area contributed by atoms with Gasteiger partial charge in [0.15, 0.2) is 12.6 Å². The fourth-order valence-electron chi connectivity index (χ4n) is 3.24. The van der Waals surface area contributed by atoms with Gasteiger partial charge in [0.05, 0.1) is 11.4 Å². The number of aryl methyl sites for hydroxylation is 2. The van der Waals surface area contributed by atoms with Gasteiger partial charge in [-0.05, 0) is 25.7 Å². The van der Waals surface area contributed by atoms with E-state index in [9.17, 15) is 9.59 Å². The summed E-state index contributed by atoms with van der Waals surface area (Å²) in [6.07, 6.45) is 17.3. The first-order valence-electron chi connectivity index (χ1n) is 10.6. The smallest absolute Gasteiger partial charge is 0.170 e. The summed E-state index contributed by atoms with van der Waals surface area (Å²) in [7, 11) is 0.